The third kappa shape index (κ3) is 4.17. The van der Waals surface area contributed by atoms with Crippen LogP contribution >= 0.6 is 0 Å². The van der Waals surface area contributed by atoms with E-state index in [2.05, 4.69) is 75.9 Å². The predicted molar refractivity (Wildman–Crippen MR) is 108 cm³/mol. The predicted octanol–water partition coefficient (Wildman–Crippen LogP) is 3.95. The highest BCUT2D eigenvalue weighted by Crippen LogP contribution is 2.37. The normalized spacial score (nSPS) is 13.2. The van der Waals surface area contributed by atoms with Gasteiger partial charge in [-0.1, -0.05) is 87.5 Å². The highest BCUT2D eigenvalue weighted by molar-refractivity contribution is 6.99. The van der Waals surface area contributed by atoms with Crippen LogP contribution in [0.4, 0.5) is 0 Å². The van der Waals surface area contributed by atoms with E-state index in [0.29, 0.717) is 13.0 Å². The molecule has 1 atom stereocenters. The van der Waals surface area contributed by atoms with E-state index in [1.165, 1.54) is 10.4 Å². The second-order valence-corrected chi connectivity index (χ2v) is 11.7. The second kappa shape index (κ2) is 8.41. The van der Waals surface area contributed by atoms with Crippen molar-refractivity contribution in [3.8, 4) is 0 Å². The van der Waals surface area contributed by atoms with Crippen LogP contribution in [0.1, 0.15) is 27.2 Å². The molecule has 0 saturated carbocycles. The summed E-state index contributed by atoms with van der Waals surface area (Å²) in [4.78, 5) is 10.9. The lowest BCUT2D eigenvalue weighted by molar-refractivity contribution is -0.108. The molecule has 0 aliphatic heterocycles. The molecule has 0 spiro atoms. The van der Waals surface area contributed by atoms with Gasteiger partial charge in [-0.25, -0.2) is 0 Å². The van der Waals surface area contributed by atoms with Crippen molar-refractivity contribution in [2.75, 3.05) is 6.61 Å². The van der Waals surface area contributed by atoms with E-state index in [1.807, 2.05) is 18.2 Å². The van der Waals surface area contributed by atoms with Crippen molar-refractivity contribution in [1.29, 1.82) is 0 Å². The number of benzene rings is 2. The van der Waals surface area contributed by atoms with Crippen molar-refractivity contribution in [1.82, 2.24) is 0 Å². The van der Waals surface area contributed by atoms with E-state index in [0.717, 1.165) is 6.29 Å². The molecule has 0 heterocycles. The first-order valence-corrected chi connectivity index (χ1v) is 10.7. The van der Waals surface area contributed by atoms with Gasteiger partial charge in [-0.15, -0.1) is 6.58 Å². The Morgan fingerprint density at radius 2 is 1.48 bits per heavy atom. The van der Waals surface area contributed by atoms with Gasteiger partial charge in [0.05, 0.1) is 0 Å². The van der Waals surface area contributed by atoms with Crippen LogP contribution in [0.5, 0.6) is 0 Å². The summed E-state index contributed by atoms with van der Waals surface area (Å²) in [5, 5.41) is 2.45. The van der Waals surface area contributed by atoms with Crippen LogP contribution < -0.4 is 10.4 Å². The number of aldehydes is 1. The summed E-state index contributed by atoms with van der Waals surface area (Å²) in [7, 11) is -2.52. The van der Waals surface area contributed by atoms with Gasteiger partial charge in [0.2, 0.25) is 0 Å². The quantitative estimate of drug-likeness (QED) is 0.408. The van der Waals surface area contributed by atoms with Crippen LogP contribution in [-0.2, 0) is 9.22 Å². The van der Waals surface area contributed by atoms with Gasteiger partial charge in [0, 0.05) is 18.9 Å². The number of hydrogen-bond donors (Lipinski definition) is 0. The van der Waals surface area contributed by atoms with E-state index in [-0.39, 0.29) is 11.0 Å². The number of carbonyl (C=O) groups is 1. The molecule has 2 rings (SSSR count). The smallest absolute Gasteiger partial charge is 0.261 e. The topological polar surface area (TPSA) is 26.3 Å². The van der Waals surface area contributed by atoms with Gasteiger partial charge in [-0.2, -0.15) is 0 Å². The number of rotatable bonds is 8. The van der Waals surface area contributed by atoms with E-state index in [1.54, 1.807) is 0 Å². The summed E-state index contributed by atoms with van der Waals surface area (Å²) in [6.07, 6.45) is 3.22. The van der Waals surface area contributed by atoms with Crippen molar-refractivity contribution in [2.45, 2.75) is 32.2 Å². The molecule has 0 radical (unpaired) electrons. The third-order valence-electron chi connectivity index (χ3n) is 4.66. The lowest BCUT2D eigenvalue weighted by Gasteiger charge is -2.43. The molecule has 132 valence electrons. The number of carbonyl (C=O) groups excluding carboxylic acids is 1. The Hall–Kier alpha value is -1.97. The Morgan fingerprint density at radius 3 is 1.84 bits per heavy atom. The molecule has 0 bridgehead atoms. The minimum Gasteiger partial charge on any atom is -0.407 e. The van der Waals surface area contributed by atoms with Crippen LogP contribution in [0, 0.1) is 5.92 Å². The monoisotopic (exact) mass is 352 g/mol. The molecule has 0 unspecified atom stereocenters. The Labute approximate surface area is 152 Å². The number of hydrogen-bond acceptors (Lipinski definition) is 2. The summed E-state index contributed by atoms with van der Waals surface area (Å²) >= 11 is 0. The molecular formula is C22H28O2Si. The van der Waals surface area contributed by atoms with Gasteiger partial charge in [0.15, 0.2) is 0 Å². The average molecular weight is 353 g/mol. The second-order valence-electron chi connectivity index (χ2n) is 7.37. The van der Waals surface area contributed by atoms with Crippen molar-refractivity contribution in [3.05, 3.63) is 73.3 Å². The van der Waals surface area contributed by atoms with Crippen LogP contribution in [0.2, 0.25) is 5.04 Å². The average Bonchev–Trinajstić information content (AvgIpc) is 2.62. The summed E-state index contributed by atoms with van der Waals surface area (Å²) in [5.74, 6) is 0.0409. The molecule has 25 heavy (non-hydrogen) atoms. The molecule has 0 aliphatic carbocycles. The molecule has 3 heteroatoms. The van der Waals surface area contributed by atoms with Crippen LogP contribution in [0.3, 0.4) is 0 Å². The highest BCUT2D eigenvalue weighted by Gasteiger charge is 2.50. The van der Waals surface area contributed by atoms with Crippen LogP contribution in [0.25, 0.3) is 0 Å². The first-order chi connectivity index (χ1) is 12.0. The molecule has 2 aromatic rings. The SMILES string of the molecule is C=C[C@@H](CC=O)CO[Si](c1ccccc1)(c1ccccc1)C(C)(C)C. The molecular weight excluding hydrogens is 324 g/mol. The van der Waals surface area contributed by atoms with Gasteiger partial charge in [0.25, 0.3) is 8.32 Å². The molecule has 0 amide bonds. The van der Waals surface area contributed by atoms with Gasteiger partial charge in [-0.05, 0) is 15.4 Å². The van der Waals surface area contributed by atoms with Gasteiger partial charge in [-0.3, -0.25) is 0 Å². The van der Waals surface area contributed by atoms with Crippen molar-refractivity contribution in [3.63, 3.8) is 0 Å². The van der Waals surface area contributed by atoms with E-state index in [4.69, 9.17) is 4.43 Å². The lowest BCUT2D eigenvalue weighted by Crippen LogP contribution is -2.66. The Kier molecular flexibility index (Phi) is 6.51. The minimum atomic E-state index is -2.52. The molecule has 0 fully saturated rings. The van der Waals surface area contributed by atoms with Crippen molar-refractivity contribution >= 4 is 25.0 Å². The Balaban J connectivity index is 2.56. The fraction of sp³-hybridized carbons (Fsp3) is 0.318. The molecule has 0 aromatic heterocycles. The summed E-state index contributed by atoms with van der Waals surface area (Å²) in [6, 6.07) is 21.1. The van der Waals surface area contributed by atoms with E-state index in [9.17, 15) is 4.79 Å². The van der Waals surface area contributed by atoms with Crippen molar-refractivity contribution < 1.29 is 9.22 Å². The van der Waals surface area contributed by atoms with E-state index >= 15 is 0 Å². The van der Waals surface area contributed by atoms with Gasteiger partial charge < -0.3 is 9.22 Å². The maximum atomic E-state index is 10.9. The third-order valence-corrected chi connectivity index (χ3v) is 9.67. The maximum absolute atomic E-state index is 10.9. The van der Waals surface area contributed by atoms with Crippen LogP contribution in [-0.4, -0.2) is 21.2 Å². The molecule has 0 saturated heterocycles. The summed E-state index contributed by atoms with van der Waals surface area (Å²) in [6.45, 7) is 11.1. The van der Waals surface area contributed by atoms with E-state index < -0.39 is 8.32 Å². The first-order valence-electron chi connectivity index (χ1n) is 8.77. The zero-order valence-electron chi connectivity index (χ0n) is 15.4. The standard InChI is InChI=1S/C22H28O2Si/c1-5-19(16-17-23)18-24-25(22(2,3)4,20-12-8-6-9-13-20)21-14-10-7-11-15-21/h5-15,17,19H,1,16,18H2,2-4H3/t19-/m0/s1. The minimum absolute atomic E-state index is 0.0409. The highest BCUT2D eigenvalue weighted by atomic mass is 28.4. The first kappa shape index (κ1) is 19.4. The van der Waals surface area contributed by atoms with Gasteiger partial charge >= 0.3 is 0 Å². The summed E-state index contributed by atoms with van der Waals surface area (Å²) < 4.78 is 6.78. The summed E-state index contributed by atoms with van der Waals surface area (Å²) in [5.41, 5.74) is 0. The van der Waals surface area contributed by atoms with Gasteiger partial charge in [0.1, 0.15) is 6.29 Å². The molecule has 2 aromatic carbocycles. The Morgan fingerprint density at radius 1 is 1.00 bits per heavy atom. The molecule has 0 N–H and O–H groups in total. The molecule has 0 aliphatic rings. The largest absolute Gasteiger partial charge is 0.407 e. The fourth-order valence-corrected chi connectivity index (χ4v) is 7.97. The Bertz CT molecular complexity index is 635. The van der Waals surface area contributed by atoms with Crippen molar-refractivity contribution in [2.24, 2.45) is 5.92 Å². The fourth-order valence-electron chi connectivity index (χ4n) is 3.35. The molecule has 2 nitrogen and oxygen atoms in total. The zero-order chi connectivity index (χ0) is 18.3. The van der Waals surface area contributed by atoms with Crippen LogP contribution in [0.15, 0.2) is 73.3 Å². The maximum Gasteiger partial charge on any atom is 0.261 e. The zero-order valence-corrected chi connectivity index (χ0v) is 16.4. The lowest BCUT2D eigenvalue weighted by atomic mass is 10.1.